The summed E-state index contributed by atoms with van der Waals surface area (Å²) in [7, 11) is -7.36. The minimum atomic E-state index is -3.71. The van der Waals surface area contributed by atoms with Crippen molar-refractivity contribution in [3.63, 3.8) is 0 Å². The monoisotopic (exact) mass is 475 g/mol. The van der Waals surface area contributed by atoms with Crippen molar-refractivity contribution in [1.82, 2.24) is 4.31 Å². The first-order valence-corrected chi connectivity index (χ1v) is 12.3. The maximum absolute atomic E-state index is 13.1. The molecule has 6 nitrogen and oxygen atoms in total. The summed E-state index contributed by atoms with van der Waals surface area (Å²) < 4.78 is 55.9. The Balaban J connectivity index is 2.34. The van der Waals surface area contributed by atoms with Crippen molar-refractivity contribution in [2.45, 2.75) is 25.3 Å². The molecule has 0 spiro atoms. The van der Waals surface area contributed by atoms with Crippen LogP contribution >= 0.6 is 15.9 Å². The first-order chi connectivity index (χ1) is 12.5. The van der Waals surface area contributed by atoms with Crippen LogP contribution in [-0.2, 0) is 26.7 Å². The SMILES string of the molecule is CC(C)CN(Cc1cccc(OS(C)(=O)=O)c1)S(=O)(=O)c1ccc(Br)cc1. The highest BCUT2D eigenvalue weighted by atomic mass is 79.9. The van der Waals surface area contributed by atoms with Gasteiger partial charge in [0.1, 0.15) is 5.75 Å². The van der Waals surface area contributed by atoms with Gasteiger partial charge in [0.15, 0.2) is 0 Å². The fourth-order valence-electron chi connectivity index (χ4n) is 2.48. The molecule has 0 heterocycles. The Hall–Kier alpha value is -1.42. The molecule has 0 amide bonds. The molecular weight excluding hydrogens is 454 g/mol. The van der Waals surface area contributed by atoms with E-state index in [1.807, 2.05) is 13.8 Å². The van der Waals surface area contributed by atoms with Crippen LogP contribution in [0.2, 0.25) is 0 Å². The van der Waals surface area contributed by atoms with Gasteiger partial charge in [0.2, 0.25) is 10.0 Å². The zero-order valence-corrected chi connectivity index (χ0v) is 18.5. The summed E-state index contributed by atoms with van der Waals surface area (Å²) in [6, 6.07) is 12.9. The lowest BCUT2D eigenvalue weighted by Gasteiger charge is -2.24. The van der Waals surface area contributed by atoms with E-state index in [9.17, 15) is 16.8 Å². The molecule has 0 unspecified atom stereocenters. The molecule has 0 fully saturated rings. The number of rotatable bonds is 8. The Morgan fingerprint density at radius 1 is 1.04 bits per heavy atom. The van der Waals surface area contributed by atoms with Crippen LogP contribution in [0.5, 0.6) is 5.75 Å². The molecule has 0 radical (unpaired) electrons. The van der Waals surface area contributed by atoms with Crippen molar-refractivity contribution in [2.24, 2.45) is 5.92 Å². The normalized spacial score (nSPS) is 12.5. The van der Waals surface area contributed by atoms with Gasteiger partial charge in [-0.05, 0) is 47.9 Å². The molecule has 2 aromatic rings. The molecule has 2 rings (SSSR count). The molecule has 2 aromatic carbocycles. The van der Waals surface area contributed by atoms with Crippen LogP contribution in [0.4, 0.5) is 0 Å². The number of nitrogens with zero attached hydrogens (tertiary/aromatic N) is 1. The lowest BCUT2D eigenvalue weighted by Crippen LogP contribution is -2.33. The van der Waals surface area contributed by atoms with E-state index in [0.717, 1.165) is 10.7 Å². The molecule has 0 N–H and O–H groups in total. The average molecular weight is 476 g/mol. The molecule has 0 atom stereocenters. The zero-order valence-electron chi connectivity index (χ0n) is 15.3. The van der Waals surface area contributed by atoms with Gasteiger partial charge in [-0.1, -0.05) is 41.9 Å². The molecule has 0 aliphatic heterocycles. The van der Waals surface area contributed by atoms with Crippen LogP contribution in [0.15, 0.2) is 57.9 Å². The Kier molecular flexibility index (Phi) is 7.07. The van der Waals surface area contributed by atoms with Crippen molar-refractivity contribution in [3.05, 3.63) is 58.6 Å². The van der Waals surface area contributed by atoms with Gasteiger partial charge in [-0.2, -0.15) is 12.7 Å². The fourth-order valence-corrected chi connectivity index (χ4v) is 4.79. The largest absolute Gasteiger partial charge is 0.383 e. The molecule has 148 valence electrons. The van der Waals surface area contributed by atoms with Gasteiger partial charge in [0.05, 0.1) is 11.2 Å². The van der Waals surface area contributed by atoms with Crippen molar-refractivity contribution in [3.8, 4) is 5.75 Å². The Morgan fingerprint density at radius 3 is 2.22 bits per heavy atom. The quantitative estimate of drug-likeness (QED) is 0.544. The van der Waals surface area contributed by atoms with E-state index in [1.54, 1.807) is 36.4 Å². The molecule has 0 saturated carbocycles. The van der Waals surface area contributed by atoms with E-state index in [1.165, 1.54) is 16.4 Å². The van der Waals surface area contributed by atoms with Crippen molar-refractivity contribution < 1.29 is 21.0 Å². The summed E-state index contributed by atoms with van der Waals surface area (Å²) in [5.41, 5.74) is 0.637. The van der Waals surface area contributed by atoms with Crippen LogP contribution in [0, 0.1) is 5.92 Å². The van der Waals surface area contributed by atoms with Crippen molar-refractivity contribution in [1.29, 1.82) is 0 Å². The van der Waals surface area contributed by atoms with Gasteiger partial charge >= 0.3 is 10.1 Å². The minimum Gasteiger partial charge on any atom is -0.383 e. The fraction of sp³-hybridized carbons (Fsp3) is 0.333. The van der Waals surface area contributed by atoms with Gasteiger partial charge in [0, 0.05) is 17.6 Å². The number of halogens is 1. The summed E-state index contributed by atoms with van der Waals surface area (Å²) in [6.07, 6.45) is 0.961. The van der Waals surface area contributed by atoms with Gasteiger partial charge < -0.3 is 4.18 Å². The van der Waals surface area contributed by atoms with E-state index >= 15 is 0 Å². The summed E-state index contributed by atoms with van der Waals surface area (Å²) in [4.78, 5) is 0.204. The Morgan fingerprint density at radius 2 is 1.67 bits per heavy atom. The average Bonchev–Trinajstić information content (AvgIpc) is 2.53. The number of hydrogen-bond acceptors (Lipinski definition) is 5. The van der Waals surface area contributed by atoms with Crippen LogP contribution in [-0.4, -0.2) is 33.9 Å². The Bertz CT molecular complexity index is 987. The van der Waals surface area contributed by atoms with Crippen LogP contribution < -0.4 is 4.18 Å². The molecule has 0 bridgehead atoms. The number of sulfonamides is 1. The predicted octanol–water partition coefficient (Wildman–Crippen LogP) is 3.63. The smallest absolute Gasteiger partial charge is 0.306 e. The number of hydrogen-bond donors (Lipinski definition) is 0. The second-order valence-corrected chi connectivity index (χ2v) is 11.0. The molecular formula is C18H22BrNO5S2. The van der Waals surface area contributed by atoms with Crippen LogP contribution in [0.3, 0.4) is 0 Å². The van der Waals surface area contributed by atoms with E-state index in [4.69, 9.17) is 4.18 Å². The maximum atomic E-state index is 13.1. The summed E-state index contributed by atoms with van der Waals surface area (Å²) in [6.45, 7) is 4.31. The van der Waals surface area contributed by atoms with E-state index in [-0.39, 0.29) is 23.1 Å². The highest BCUT2D eigenvalue weighted by Crippen LogP contribution is 2.23. The van der Waals surface area contributed by atoms with Crippen LogP contribution in [0.25, 0.3) is 0 Å². The standard InChI is InChI=1S/C18H22BrNO5S2/c1-14(2)12-20(27(23,24)18-9-7-16(19)8-10-18)13-15-5-4-6-17(11-15)25-26(3,21)22/h4-11,14H,12-13H2,1-3H3. The highest BCUT2D eigenvalue weighted by Gasteiger charge is 2.25. The highest BCUT2D eigenvalue weighted by molar-refractivity contribution is 9.10. The van der Waals surface area contributed by atoms with E-state index in [2.05, 4.69) is 15.9 Å². The van der Waals surface area contributed by atoms with Gasteiger partial charge in [-0.25, -0.2) is 8.42 Å². The third kappa shape index (κ3) is 6.60. The van der Waals surface area contributed by atoms with Gasteiger partial charge in [-0.15, -0.1) is 0 Å². The third-order valence-electron chi connectivity index (χ3n) is 3.53. The first-order valence-electron chi connectivity index (χ1n) is 8.21. The zero-order chi connectivity index (χ0) is 20.2. The molecule has 27 heavy (non-hydrogen) atoms. The summed E-state index contributed by atoms with van der Waals surface area (Å²) in [5, 5.41) is 0. The molecule has 0 aliphatic carbocycles. The molecule has 9 heteroatoms. The molecule has 0 aromatic heterocycles. The Labute approximate surface area is 169 Å². The molecule has 0 aliphatic rings. The summed E-state index contributed by atoms with van der Waals surface area (Å²) in [5.74, 6) is 0.270. The molecule has 0 saturated heterocycles. The van der Waals surface area contributed by atoms with Crippen molar-refractivity contribution >= 4 is 36.1 Å². The number of benzene rings is 2. The second-order valence-electron chi connectivity index (χ2n) is 6.58. The topological polar surface area (TPSA) is 80.8 Å². The summed E-state index contributed by atoms with van der Waals surface area (Å²) >= 11 is 3.30. The maximum Gasteiger partial charge on any atom is 0.306 e. The third-order valence-corrected chi connectivity index (χ3v) is 6.37. The lowest BCUT2D eigenvalue weighted by molar-refractivity contribution is 0.361. The first kappa shape index (κ1) is 21.9. The lowest BCUT2D eigenvalue weighted by atomic mass is 10.2. The predicted molar refractivity (Wildman–Crippen MR) is 108 cm³/mol. The van der Waals surface area contributed by atoms with E-state index in [0.29, 0.717) is 12.1 Å². The van der Waals surface area contributed by atoms with Crippen molar-refractivity contribution in [2.75, 3.05) is 12.8 Å². The minimum absolute atomic E-state index is 0.109. The van der Waals surface area contributed by atoms with E-state index < -0.39 is 20.1 Å². The van der Waals surface area contributed by atoms with Gasteiger partial charge in [0.25, 0.3) is 0 Å². The van der Waals surface area contributed by atoms with Crippen LogP contribution in [0.1, 0.15) is 19.4 Å². The van der Waals surface area contributed by atoms with Gasteiger partial charge in [-0.3, -0.25) is 0 Å². The second kappa shape index (κ2) is 8.72.